The van der Waals surface area contributed by atoms with Gasteiger partial charge in [-0.3, -0.25) is 18.7 Å². The number of nitrogens with zero attached hydrogens (tertiary/aromatic N) is 6. The average Bonchev–Trinajstić information content (AvgIpc) is 3.53. The Balaban J connectivity index is 1.52. The summed E-state index contributed by atoms with van der Waals surface area (Å²) in [4.78, 5) is 13.5. The third kappa shape index (κ3) is 3.44. The maximum absolute atomic E-state index is 11.6. The first-order chi connectivity index (χ1) is 16.5. The molecule has 0 atom stereocenters. The fourth-order valence-electron chi connectivity index (χ4n) is 5.38. The van der Waals surface area contributed by atoms with Gasteiger partial charge in [-0.25, -0.2) is 0 Å². The quantitative estimate of drug-likeness (QED) is 0.415. The summed E-state index contributed by atoms with van der Waals surface area (Å²) in [5.74, 6) is 0.894. The zero-order valence-electron chi connectivity index (χ0n) is 19.4. The summed E-state index contributed by atoms with van der Waals surface area (Å²) in [6.45, 7) is 4.90. The third-order valence-corrected chi connectivity index (χ3v) is 7.39. The molecule has 1 amide bonds. The molecule has 0 unspecified atom stereocenters. The molecule has 0 spiro atoms. The van der Waals surface area contributed by atoms with Crippen LogP contribution in [0.3, 0.4) is 0 Å². The molecule has 1 fully saturated rings. The minimum Gasteiger partial charge on any atom is -0.381 e. The predicted molar refractivity (Wildman–Crippen MR) is 130 cm³/mol. The Labute approximate surface area is 202 Å². The lowest BCUT2D eigenvalue weighted by Crippen LogP contribution is -2.31. The molecule has 4 aromatic rings. The van der Waals surface area contributed by atoms with Gasteiger partial charge in [-0.1, -0.05) is 11.6 Å². The molecule has 1 saturated heterocycles. The first kappa shape index (κ1) is 21.4. The molecule has 2 aliphatic heterocycles. The van der Waals surface area contributed by atoms with E-state index in [-0.39, 0.29) is 0 Å². The highest BCUT2D eigenvalue weighted by atomic mass is 35.5. The summed E-state index contributed by atoms with van der Waals surface area (Å²) in [7, 11) is 1.90. The number of carbonyl (C=O) groups excluding carboxylic acids is 1. The molecular weight excluding hydrogens is 452 g/mol. The second kappa shape index (κ2) is 8.29. The van der Waals surface area contributed by atoms with Crippen molar-refractivity contribution in [2.45, 2.75) is 38.8 Å². The Morgan fingerprint density at radius 1 is 1.21 bits per heavy atom. The van der Waals surface area contributed by atoms with Crippen LogP contribution in [-0.2, 0) is 29.5 Å². The van der Waals surface area contributed by atoms with E-state index in [9.17, 15) is 4.79 Å². The number of fused-ring (bicyclic) bond motifs is 2. The van der Waals surface area contributed by atoms with E-state index in [1.807, 2.05) is 30.4 Å². The number of rotatable bonds is 4. The summed E-state index contributed by atoms with van der Waals surface area (Å²) in [5, 5.41) is 11.2. The number of halogens is 1. The first-order valence-electron chi connectivity index (χ1n) is 11.7. The van der Waals surface area contributed by atoms with Crippen molar-refractivity contribution in [1.82, 2.24) is 29.0 Å². The SMILES string of the molecule is Cc1cc2cc(-c3cnn(C)c3)c(Cl)cc2n1-c1nn(C2CCOCC2)c2c1CN(C=O)CC2. The molecule has 34 heavy (non-hydrogen) atoms. The molecule has 176 valence electrons. The van der Waals surface area contributed by atoms with E-state index in [0.29, 0.717) is 17.6 Å². The normalized spacial score (nSPS) is 16.9. The lowest BCUT2D eigenvalue weighted by molar-refractivity contribution is -0.118. The summed E-state index contributed by atoms with van der Waals surface area (Å²) < 4.78 is 11.8. The smallest absolute Gasteiger partial charge is 0.210 e. The number of hydrogen-bond donors (Lipinski definition) is 0. The van der Waals surface area contributed by atoms with E-state index in [0.717, 1.165) is 84.5 Å². The highest BCUT2D eigenvalue weighted by Gasteiger charge is 2.30. The fourth-order valence-corrected chi connectivity index (χ4v) is 5.65. The number of benzene rings is 1. The second-order valence-corrected chi connectivity index (χ2v) is 9.68. The van der Waals surface area contributed by atoms with Crippen LogP contribution in [0.25, 0.3) is 27.8 Å². The molecule has 0 radical (unpaired) electrons. The molecule has 5 heterocycles. The van der Waals surface area contributed by atoms with E-state index in [2.05, 4.69) is 33.4 Å². The van der Waals surface area contributed by atoms with Gasteiger partial charge in [0.2, 0.25) is 6.41 Å². The van der Waals surface area contributed by atoms with Crippen LogP contribution in [0.5, 0.6) is 0 Å². The number of ether oxygens (including phenoxy) is 1. The summed E-state index contributed by atoms with van der Waals surface area (Å²) in [6, 6.07) is 6.64. The molecule has 0 aliphatic carbocycles. The van der Waals surface area contributed by atoms with Crippen molar-refractivity contribution in [3.63, 3.8) is 0 Å². The molecule has 9 heteroatoms. The molecule has 0 N–H and O–H groups in total. The van der Waals surface area contributed by atoms with Crippen molar-refractivity contribution in [1.29, 1.82) is 0 Å². The lowest BCUT2D eigenvalue weighted by Gasteiger charge is -2.28. The minimum atomic E-state index is 0.321. The van der Waals surface area contributed by atoms with E-state index in [4.69, 9.17) is 21.4 Å². The number of amides is 1. The van der Waals surface area contributed by atoms with Crippen molar-refractivity contribution in [3.8, 4) is 16.9 Å². The van der Waals surface area contributed by atoms with E-state index < -0.39 is 0 Å². The number of hydrogen-bond acceptors (Lipinski definition) is 4. The summed E-state index contributed by atoms with van der Waals surface area (Å²) in [5.41, 5.74) is 6.40. The van der Waals surface area contributed by atoms with Crippen molar-refractivity contribution < 1.29 is 9.53 Å². The van der Waals surface area contributed by atoms with Gasteiger partial charge in [0.15, 0.2) is 5.82 Å². The Kier molecular flexibility index (Phi) is 5.22. The first-order valence-corrected chi connectivity index (χ1v) is 12.1. The molecule has 6 rings (SSSR count). The van der Waals surface area contributed by atoms with Gasteiger partial charge in [0.25, 0.3) is 0 Å². The predicted octanol–water partition coefficient (Wildman–Crippen LogP) is 4.06. The number of aromatic nitrogens is 5. The van der Waals surface area contributed by atoms with Crippen molar-refractivity contribution >= 4 is 28.9 Å². The van der Waals surface area contributed by atoms with Gasteiger partial charge in [-0.05, 0) is 38.0 Å². The van der Waals surface area contributed by atoms with Crippen molar-refractivity contribution in [2.75, 3.05) is 19.8 Å². The Bertz CT molecular complexity index is 1390. The molecule has 2 aliphatic rings. The van der Waals surface area contributed by atoms with Crippen molar-refractivity contribution in [3.05, 3.63) is 52.6 Å². The van der Waals surface area contributed by atoms with Crippen LogP contribution in [0.15, 0.2) is 30.6 Å². The van der Waals surface area contributed by atoms with Gasteiger partial charge < -0.3 is 9.64 Å². The van der Waals surface area contributed by atoms with Gasteiger partial charge in [0.05, 0.1) is 29.3 Å². The molecule has 8 nitrogen and oxygen atoms in total. The van der Waals surface area contributed by atoms with Gasteiger partial charge in [-0.15, -0.1) is 0 Å². The van der Waals surface area contributed by atoms with Crippen LogP contribution in [0.4, 0.5) is 0 Å². The standard InChI is InChI=1S/C25H27ClN6O2/c1-16-9-17-10-20(18-12-27-29(2)13-18)22(26)11-24(17)31(16)25-21-14-30(15-33)6-3-23(21)32(28-25)19-4-7-34-8-5-19/h9-13,15,19H,3-8,14H2,1-2H3. The Morgan fingerprint density at radius 3 is 2.76 bits per heavy atom. The van der Waals surface area contributed by atoms with E-state index in [1.165, 1.54) is 5.69 Å². The van der Waals surface area contributed by atoms with Gasteiger partial charge in [-0.2, -0.15) is 10.2 Å². The topological polar surface area (TPSA) is 70.1 Å². The van der Waals surface area contributed by atoms with Crippen LogP contribution in [0.2, 0.25) is 5.02 Å². The maximum Gasteiger partial charge on any atom is 0.210 e. The summed E-state index contributed by atoms with van der Waals surface area (Å²) in [6.07, 6.45) is 7.46. The molecule has 3 aromatic heterocycles. The van der Waals surface area contributed by atoms with Crippen LogP contribution in [0, 0.1) is 6.92 Å². The largest absolute Gasteiger partial charge is 0.381 e. The minimum absolute atomic E-state index is 0.321. The van der Waals surface area contributed by atoms with Crippen LogP contribution < -0.4 is 0 Å². The van der Waals surface area contributed by atoms with Crippen LogP contribution in [-0.4, -0.2) is 55.2 Å². The Hall–Kier alpha value is -3.10. The zero-order chi connectivity index (χ0) is 23.4. The van der Waals surface area contributed by atoms with Crippen molar-refractivity contribution in [2.24, 2.45) is 7.05 Å². The van der Waals surface area contributed by atoms with Gasteiger partial charge in [0.1, 0.15) is 0 Å². The fraction of sp³-hybridized carbons (Fsp3) is 0.400. The van der Waals surface area contributed by atoms with Gasteiger partial charge >= 0.3 is 0 Å². The number of carbonyl (C=O) groups is 1. The zero-order valence-corrected chi connectivity index (χ0v) is 20.1. The highest BCUT2D eigenvalue weighted by molar-refractivity contribution is 6.34. The summed E-state index contributed by atoms with van der Waals surface area (Å²) >= 11 is 6.79. The highest BCUT2D eigenvalue weighted by Crippen LogP contribution is 2.37. The second-order valence-electron chi connectivity index (χ2n) is 9.28. The molecular formula is C25H27ClN6O2. The Morgan fingerprint density at radius 2 is 2.03 bits per heavy atom. The molecule has 1 aromatic carbocycles. The molecule has 0 bridgehead atoms. The molecule has 0 saturated carbocycles. The monoisotopic (exact) mass is 478 g/mol. The van der Waals surface area contributed by atoms with Gasteiger partial charge in [0, 0.05) is 72.9 Å². The average molecular weight is 479 g/mol. The third-order valence-electron chi connectivity index (χ3n) is 7.08. The maximum atomic E-state index is 11.6. The lowest BCUT2D eigenvalue weighted by atomic mass is 10.0. The van der Waals surface area contributed by atoms with E-state index in [1.54, 1.807) is 4.68 Å². The number of aryl methyl sites for hydroxylation is 2. The van der Waals surface area contributed by atoms with Crippen LogP contribution in [0.1, 0.15) is 35.8 Å². The van der Waals surface area contributed by atoms with Crippen LogP contribution >= 0.6 is 11.6 Å². The van der Waals surface area contributed by atoms with E-state index >= 15 is 0 Å².